The maximum atomic E-state index is 12.4. The van der Waals surface area contributed by atoms with Crippen molar-refractivity contribution in [3.05, 3.63) is 60.2 Å². The highest BCUT2D eigenvalue weighted by atomic mass is 16.2. The molecular weight excluding hydrogens is 324 g/mol. The third-order valence-corrected chi connectivity index (χ3v) is 4.49. The lowest BCUT2D eigenvalue weighted by Crippen LogP contribution is -2.38. The number of nitrogens with two attached hydrogens (primary N) is 1. The number of benzene rings is 2. The van der Waals surface area contributed by atoms with Crippen molar-refractivity contribution in [3.63, 3.8) is 0 Å². The summed E-state index contributed by atoms with van der Waals surface area (Å²) < 4.78 is 0. The Hall–Kier alpha value is -2.66. The number of amides is 1. The lowest BCUT2D eigenvalue weighted by Gasteiger charge is -2.31. The van der Waals surface area contributed by atoms with Gasteiger partial charge in [-0.15, -0.1) is 0 Å². The van der Waals surface area contributed by atoms with E-state index in [1.165, 1.54) is 0 Å². The number of nitrogens with one attached hydrogen (secondary N) is 1. The van der Waals surface area contributed by atoms with Crippen molar-refractivity contribution in [2.45, 2.75) is 26.3 Å². The van der Waals surface area contributed by atoms with Crippen molar-refractivity contribution < 1.29 is 4.79 Å². The molecule has 2 aromatic rings. The van der Waals surface area contributed by atoms with Crippen molar-refractivity contribution >= 4 is 23.1 Å². The second kappa shape index (κ2) is 8.15. The zero-order valence-corrected chi connectivity index (χ0v) is 15.4. The van der Waals surface area contributed by atoms with Crippen LogP contribution in [-0.4, -0.2) is 24.8 Å². The van der Waals surface area contributed by atoms with Gasteiger partial charge in [-0.2, -0.15) is 0 Å². The highest BCUT2D eigenvalue weighted by Crippen LogP contribution is 2.23. The quantitative estimate of drug-likeness (QED) is 0.866. The molecule has 0 bridgehead atoms. The highest BCUT2D eigenvalue weighted by molar-refractivity contribution is 6.00. The molecule has 0 radical (unpaired) electrons. The number of rotatable bonds is 5. The minimum absolute atomic E-state index is 0.216. The van der Waals surface area contributed by atoms with E-state index >= 15 is 0 Å². The SMILES string of the molecule is CC(C)C1=NCCCN1c1ccc(NC(=O)C(N)c2ccccc2)cc1. The van der Waals surface area contributed by atoms with E-state index in [0.29, 0.717) is 5.92 Å². The standard InChI is InChI=1S/C21H26N4O/c1-15(2)20-23-13-6-14-25(20)18-11-9-17(10-12-18)24-21(26)19(22)16-7-4-3-5-8-16/h3-5,7-12,15,19H,6,13-14,22H2,1-2H3,(H,24,26). The summed E-state index contributed by atoms with van der Waals surface area (Å²) in [4.78, 5) is 19.3. The second-order valence-corrected chi connectivity index (χ2v) is 6.82. The molecule has 0 saturated carbocycles. The first-order valence-corrected chi connectivity index (χ1v) is 9.09. The molecule has 1 atom stereocenters. The van der Waals surface area contributed by atoms with E-state index in [1.54, 1.807) is 0 Å². The zero-order chi connectivity index (χ0) is 18.5. The summed E-state index contributed by atoms with van der Waals surface area (Å²) in [6, 6.07) is 16.6. The largest absolute Gasteiger partial charge is 0.330 e. The molecule has 1 amide bonds. The summed E-state index contributed by atoms with van der Waals surface area (Å²) in [7, 11) is 0. The molecule has 0 aliphatic carbocycles. The molecule has 136 valence electrons. The molecule has 5 nitrogen and oxygen atoms in total. The van der Waals surface area contributed by atoms with Crippen molar-refractivity contribution in [1.29, 1.82) is 0 Å². The molecule has 0 saturated heterocycles. The lowest BCUT2D eigenvalue weighted by atomic mass is 10.1. The van der Waals surface area contributed by atoms with Gasteiger partial charge in [0.05, 0.1) is 0 Å². The number of aliphatic imine (C=N–C) groups is 1. The summed E-state index contributed by atoms with van der Waals surface area (Å²) in [5.41, 5.74) is 8.69. The van der Waals surface area contributed by atoms with E-state index in [-0.39, 0.29) is 5.91 Å². The second-order valence-electron chi connectivity index (χ2n) is 6.82. The van der Waals surface area contributed by atoms with Crippen LogP contribution < -0.4 is 16.0 Å². The molecule has 3 rings (SSSR count). The van der Waals surface area contributed by atoms with Crippen LogP contribution in [0.15, 0.2) is 59.6 Å². The topological polar surface area (TPSA) is 70.7 Å². The molecule has 1 aliphatic heterocycles. The summed E-state index contributed by atoms with van der Waals surface area (Å²) in [6.45, 7) is 6.20. The molecule has 0 fully saturated rings. The molecule has 1 heterocycles. The predicted octanol–water partition coefficient (Wildman–Crippen LogP) is 3.59. The van der Waals surface area contributed by atoms with E-state index in [2.05, 4.69) is 29.1 Å². The fraction of sp³-hybridized carbons (Fsp3) is 0.333. The van der Waals surface area contributed by atoms with E-state index in [1.807, 2.05) is 54.6 Å². The van der Waals surface area contributed by atoms with Crippen LogP contribution in [0.3, 0.4) is 0 Å². The predicted molar refractivity (Wildman–Crippen MR) is 108 cm³/mol. The molecule has 26 heavy (non-hydrogen) atoms. The Bertz CT molecular complexity index is 768. The first kappa shape index (κ1) is 18.1. The fourth-order valence-corrected chi connectivity index (χ4v) is 3.13. The van der Waals surface area contributed by atoms with Crippen molar-refractivity contribution in [3.8, 4) is 0 Å². The van der Waals surface area contributed by atoms with Crippen LogP contribution in [-0.2, 0) is 4.79 Å². The van der Waals surface area contributed by atoms with Gasteiger partial charge in [-0.1, -0.05) is 44.2 Å². The summed E-state index contributed by atoms with van der Waals surface area (Å²) in [5.74, 6) is 1.30. The van der Waals surface area contributed by atoms with E-state index < -0.39 is 6.04 Å². The number of hydrogen-bond donors (Lipinski definition) is 2. The average molecular weight is 350 g/mol. The summed E-state index contributed by atoms with van der Waals surface area (Å²) >= 11 is 0. The number of carbonyl (C=O) groups is 1. The van der Waals surface area contributed by atoms with Gasteiger partial charge >= 0.3 is 0 Å². The Labute approximate surface area is 154 Å². The first-order valence-electron chi connectivity index (χ1n) is 9.09. The third-order valence-electron chi connectivity index (χ3n) is 4.49. The molecule has 3 N–H and O–H groups in total. The normalized spacial score (nSPS) is 15.5. The Balaban J connectivity index is 1.69. The minimum Gasteiger partial charge on any atom is -0.330 e. The van der Waals surface area contributed by atoms with E-state index in [4.69, 9.17) is 5.73 Å². The minimum atomic E-state index is -0.683. The third kappa shape index (κ3) is 4.11. The van der Waals surface area contributed by atoms with Crippen molar-refractivity contribution in [2.24, 2.45) is 16.6 Å². The van der Waals surface area contributed by atoms with Crippen LogP contribution in [0.4, 0.5) is 11.4 Å². The Morgan fingerprint density at radius 2 is 1.81 bits per heavy atom. The maximum absolute atomic E-state index is 12.4. The number of amidine groups is 1. The number of carbonyl (C=O) groups excluding carboxylic acids is 1. The Morgan fingerprint density at radius 1 is 1.12 bits per heavy atom. The van der Waals surface area contributed by atoms with Crippen LogP contribution in [0.25, 0.3) is 0 Å². The Morgan fingerprint density at radius 3 is 2.46 bits per heavy atom. The van der Waals surface area contributed by atoms with Gasteiger partial charge < -0.3 is 16.0 Å². The van der Waals surface area contributed by atoms with Gasteiger partial charge in [-0.05, 0) is 36.2 Å². The number of hydrogen-bond acceptors (Lipinski definition) is 4. The molecule has 1 unspecified atom stereocenters. The highest BCUT2D eigenvalue weighted by Gasteiger charge is 2.20. The van der Waals surface area contributed by atoms with Crippen LogP contribution >= 0.6 is 0 Å². The molecule has 5 heteroatoms. The zero-order valence-electron chi connectivity index (χ0n) is 15.4. The lowest BCUT2D eigenvalue weighted by molar-refractivity contribution is -0.117. The Kier molecular flexibility index (Phi) is 5.68. The van der Waals surface area contributed by atoms with Gasteiger partial charge in [0, 0.05) is 30.4 Å². The van der Waals surface area contributed by atoms with Gasteiger partial charge in [-0.25, -0.2) is 0 Å². The monoisotopic (exact) mass is 350 g/mol. The smallest absolute Gasteiger partial charge is 0.245 e. The molecule has 0 spiro atoms. The van der Waals surface area contributed by atoms with Crippen molar-refractivity contribution in [1.82, 2.24) is 0 Å². The fourth-order valence-electron chi connectivity index (χ4n) is 3.13. The number of anilines is 2. The summed E-state index contributed by atoms with van der Waals surface area (Å²) in [5, 5.41) is 2.89. The van der Waals surface area contributed by atoms with Gasteiger partial charge in [0.2, 0.25) is 5.91 Å². The number of nitrogens with zero attached hydrogens (tertiary/aromatic N) is 2. The van der Waals surface area contributed by atoms with Gasteiger partial charge in [0.25, 0.3) is 0 Å². The van der Waals surface area contributed by atoms with Gasteiger partial charge in [0.1, 0.15) is 11.9 Å². The van der Waals surface area contributed by atoms with Crippen LogP contribution in [0, 0.1) is 5.92 Å². The van der Waals surface area contributed by atoms with E-state index in [9.17, 15) is 4.79 Å². The van der Waals surface area contributed by atoms with Crippen LogP contribution in [0.5, 0.6) is 0 Å². The molecule has 1 aliphatic rings. The molecule has 2 aromatic carbocycles. The summed E-state index contributed by atoms with van der Waals surface area (Å²) in [6.07, 6.45) is 1.06. The first-order chi connectivity index (χ1) is 12.6. The van der Waals surface area contributed by atoms with Crippen LogP contribution in [0.2, 0.25) is 0 Å². The van der Waals surface area contributed by atoms with Gasteiger partial charge in [0.15, 0.2) is 0 Å². The van der Waals surface area contributed by atoms with E-state index in [0.717, 1.165) is 42.3 Å². The molecular formula is C21H26N4O. The van der Waals surface area contributed by atoms with Crippen molar-refractivity contribution in [2.75, 3.05) is 23.3 Å². The average Bonchev–Trinajstić information content (AvgIpc) is 2.68. The van der Waals surface area contributed by atoms with Gasteiger partial charge in [-0.3, -0.25) is 9.79 Å². The van der Waals surface area contributed by atoms with Crippen LogP contribution in [0.1, 0.15) is 31.9 Å². The maximum Gasteiger partial charge on any atom is 0.245 e. The molecule has 0 aromatic heterocycles.